The SMILES string of the molecule is NC(=O)[C@H]1CC[C@@H](n2c(Nc3c(Cl)cc(Cl)cc3Cl)nc3cnc(N[C@H]4CCCC[C@@H](O)C4)nc32)CC1. The van der Waals surface area contributed by atoms with Crippen LogP contribution in [0.3, 0.4) is 0 Å². The van der Waals surface area contributed by atoms with Crippen LogP contribution in [-0.4, -0.2) is 42.7 Å². The predicted molar refractivity (Wildman–Crippen MR) is 147 cm³/mol. The Bertz CT molecular complexity index is 1270. The lowest BCUT2D eigenvalue weighted by atomic mass is 9.85. The maximum absolute atomic E-state index is 11.8. The number of hydrogen-bond donors (Lipinski definition) is 4. The summed E-state index contributed by atoms with van der Waals surface area (Å²) in [5, 5.41) is 18.1. The molecule has 2 saturated carbocycles. The maximum Gasteiger partial charge on any atom is 0.224 e. The average Bonchev–Trinajstić information content (AvgIpc) is 3.07. The van der Waals surface area contributed by atoms with Crippen molar-refractivity contribution >= 4 is 69.5 Å². The highest BCUT2D eigenvalue weighted by Gasteiger charge is 2.30. The molecule has 5 N–H and O–H groups in total. The van der Waals surface area contributed by atoms with Crippen LogP contribution in [0.2, 0.25) is 15.1 Å². The summed E-state index contributed by atoms with van der Waals surface area (Å²) in [4.78, 5) is 25.9. The van der Waals surface area contributed by atoms with Crippen molar-refractivity contribution in [3.05, 3.63) is 33.4 Å². The second-order valence-corrected chi connectivity index (χ2v) is 11.3. The van der Waals surface area contributed by atoms with E-state index in [4.69, 9.17) is 50.5 Å². The minimum Gasteiger partial charge on any atom is -0.393 e. The van der Waals surface area contributed by atoms with Gasteiger partial charge < -0.3 is 21.5 Å². The summed E-state index contributed by atoms with van der Waals surface area (Å²) in [6, 6.07) is 3.37. The lowest BCUT2D eigenvalue weighted by molar-refractivity contribution is -0.122. The molecule has 0 unspecified atom stereocenters. The molecule has 2 fully saturated rings. The molecule has 9 nitrogen and oxygen atoms in total. The number of imidazole rings is 1. The molecule has 2 atom stereocenters. The number of aliphatic hydroxyl groups is 1. The molecule has 2 aromatic heterocycles. The van der Waals surface area contributed by atoms with Crippen LogP contribution in [0.5, 0.6) is 0 Å². The number of rotatable bonds is 6. The van der Waals surface area contributed by atoms with Gasteiger partial charge in [-0.2, -0.15) is 4.98 Å². The highest BCUT2D eigenvalue weighted by Crippen LogP contribution is 2.40. The van der Waals surface area contributed by atoms with Crippen molar-refractivity contribution in [2.24, 2.45) is 11.7 Å². The van der Waals surface area contributed by atoms with Gasteiger partial charge in [-0.1, -0.05) is 47.6 Å². The van der Waals surface area contributed by atoms with Crippen LogP contribution in [0.4, 0.5) is 17.6 Å². The first kappa shape index (κ1) is 26.3. The lowest BCUT2D eigenvalue weighted by Crippen LogP contribution is -2.29. The zero-order chi connectivity index (χ0) is 26.1. The van der Waals surface area contributed by atoms with Crippen LogP contribution in [-0.2, 0) is 4.79 Å². The fourth-order valence-corrected chi connectivity index (χ4v) is 6.35. The molecule has 5 rings (SSSR count). The van der Waals surface area contributed by atoms with E-state index in [9.17, 15) is 9.90 Å². The summed E-state index contributed by atoms with van der Waals surface area (Å²) >= 11 is 19.0. The monoisotopic (exact) mass is 565 g/mol. The van der Waals surface area contributed by atoms with Gasteiger partial charge in [0.25, 0.3) is 0 Å². The number of aromatic nitrogens is 4. The number of aliphatic hydroxyl groups excluding tert-OH is 1. The molecular weight excluding hydrogens is 537 g/mol. The predicted octanol–water partition coefficient (Wildman–Crippen LogP) is 5.85. The highest BCUT2D eigenvalue weighted by atomic mass is 35.5. The van der Waals surface area contributed by atoms with Gasteiger partial charge in [0.05, 0.1) is 28.0 Å². The van der Waals surface area contributed by atoms with E-state index in [1.54, 1.807) is 18.3 Å². The molecule has 2 heterocycles. The largest absolute Gasteiger partial charge is 0.393 e. The Kier molecular flexibility index (Phi) is 7.95. The molecule has 12 heteroatoms. The van der Waals surface area contributed by atoms with E-state index < -0.39 is 0 Å². The van der Waals surface area contributed by atoms with E-state index in [0.29, 0.717) is 63.1 Å². The molecule has 2 aliphatic carbocycles. The summed E-state index contributed by atoms with van der Waals surface area (Å²) in [5.41, 5.74) is 7.35. The number of carbonyl (C=O) groups excluding carboxylic acids is 1. The van der Waals surface area contributed by atoms with Gasteiger partial charge in [0.2, 0.25) is 17.8 Å². The summed E-state index contributed by atoms with van der Waals surface area (Å²) in [6.45, 7) is 0. The van der Waals surface area contributed by atoms with Crippen molar-refractivity contribution in [3.63, 3.8) is 0 Å². The first-order valence-corrected chi connectivity index (χ1v) is 13.8. The zero-order valence-corrected chi connectivity index (χ0v) is 22.5. The van der Waals surface area contributed by atoms with Crippen LogP contribution >= 0.6 is 34.8 Å². The Morgan fingerprint density at radius 3 is 2.43 bits per heavy atom. The third-order valence-corrected chi connectivity index (χ3v) is 8.18. The third kappa shape index (κ3) is 5.90. The van der Waals surface area contributed by atoms with Gasteiger partial charge in [-0.05, 0) is 57.1 Å². The van der Waals surface area contributed by atoms with Crippen molar-refractivity contribution in [1.82, 2.24) is 19.5 Å². The van der Waals surface area contributed by atoms with Crippen molar-refractivity contribution in [1.29, 1.82) is 0 Å². The molecule has 198 valence electrons. The number of nitrogens with two attached hydrogens (primary N) is 1. The molecule has 2 aliphatic rings. The quantitative estimate of drug-likeness (QED) is 0.275. The van der Waals surface area contributed by atoms with Gasteiger partial charge in [0, 0.05) is 23.0 Å². The fourth-order valence-electron chi connectivity index (χ4n) is 5.43. The number of benzene rings is 1. The van der Waals surface area contributed by atoms with E-state index >= 15 is 0 Å². The number of primary amides is 1. The van der Waals surface area contributed by atoms with Gasteiger partial charge in [-0.15, -0.1) is 0 Å². The van der Waals surface area contributed by atoms with Gasteiger partial charge >= 0.3 is 0 Å². The van der Waals surface area contributed by atoms with Crippen LogP contribution in [0.15, 0.2) is 18.3 Å². The molecule has 1 aromatic carbocycles. The van der Waals surface area contributed by atoms with Crippen LogP contribution in [0, 0.1) is 5.92 Å². The van der Waals surface area contributed by atoms with Crippen molar-refractivity contribution in [2.45, 2.75) is 76.0 Å². The molecule has 0 radical (unpaired) electrons. The minimum atomic E-state index is -0.320. The van der Waals surface area contributed by atoms with Gasteiger partial charge in [0.15, 0.2) is 5.65 Å². The summed E-state index contributed by atoms with van der Waals surface area (Å²) in [6.07, 6.45) is 8.76. The molecule has 0 aliphatic heterocycles. The number of amides is 1. The number of carbonyl (C=O) groups is 1. The molecular formula is C25H30Cl3N7O2. The minimum absolute atomic E-state index is 0.0374. The smallest absolute Gasteiger partial charge is 0.224 e. The molecule has 3 aromatic rings. The first-order valence-electron chi connectivity index (χ1n) is 12.7. The van der Waals surface area contributed by atoms with Crippen LogP contribution in [0.25, 0.3) is 11.2 Å². The second-order valence-electron chi connectivity index (χ2n) is 10.0. The summed E-state index contributed by atoms with van der Waals surface area (Å²) < 4.78 is 2.04. The van der Waals surface area contributed by atoms with E-state index in [2.05, 4.69) is 15.6 Å². The normalized spacial score (nSPS) is 24.5. The van der Waals surface area contributed by atoms with Crippen molar-refractivity contribution < 1.29 is 9.90 Å². The van der Waals surface area contributed by atoms with E-state index in [0.717, 1.165) is 38.5 Å². The van der Waals surface area contributed by atoms with Crippen molar-refractivity contribution in [2.75, 3.05) is 10.6 Å². The first-order chi connectivity index (χ1) is 17.8. The molecule has 0 saturated heterocycles. The summed E-state index contributed by atoms with van der Waals surface area (Å²) in [7, 11) is 0. The van der Waals surface area contributed by atoms with E-state index in [1.807, 2.05) is 4.57 Å². The Labute approximate surface area is 230 Å². The fraction of sp³-hybridized carbons (Fsp3) is 0.520. The van der Waals surface area contributed by atoms with Gasteiger partial charge in [-0.3, -0.25) is 9.36 Å². The molecule has 37 heavy (non-hydrogen) atoms. The number of nitrogens with one attached hydrogen (secondary N) is 2. The molecule has 0 spiro atoms. The number of halogens is 3. The van der Waals surface area contributed by atoms with Crippen LogP contribution in [0.1, 0.15) is 63.8 Å². The van der Waals surface area contributed by atoms with E-state index in [1.165, 1.54) is 0 Å². The Morgan fingerprint density at radius 1 is 1.03 bits per heavy atom. The molecule has 1 amide bonds. The average molecular weight is 567 g/mol. The number of nitrogens with zero attached hydrogens (tertiary/aromatic N) is 4. The summed E-state index contributed by atoms with van der Waals surface area (Å²) in [5.74, 6) is 0.634. The number of hydrogen-bond acceptors (Lipinski definition) is 7. The molecule has 0 bridgehead atoms. The zero-order valence-electron chi connectivity index (χ0n) is 20.3. The van der Waals surface area contributed by atoms with E-state index in [-0.39, 0.29) is 30.0 Å². The van der Waals surface area contributed by atoms with Gasteiger partial charge in [0.1, 0.15) is 5.52 Å². The second kappa shape index (κ2) is 11.2. The number of anilines is 3. The van der Waals surface area contributed by atoms with Gasteiger partial charge in [-0.25, -0.2) is 9.97 Å². The standard InChI is InChI=1S/C25H30Cl3N7O2/c26-14-9-18(27)21(19(28)10-14)33-25-32-20-12-30-24(31-15-3-1-2-4-17(36)11-15)34-23(20)35(25)16-7-5-13(6-8-16)22(29)37/h9-10,12-13,15-17,36H,1-8,11H2,(H2,29,37)(H,32,33)(H,30,31,34)/t13-,15-,16+,17+/m0/s1. The highest BCUT2D eigenvalue weighted by molar-refractivity contribution is 6.41. The Balaban J connectivity index is 1.51. The third-order valence-electron chi connectivity index (χ3n) is 7.37. The Hall–Kier alpha value is -2.33. The number of fused-ring (bicyclic) bond motifs is 1. The van der Waals surface area contributed by atoms with Crippen molar-refractivity contribution in [3.8, 4) is 0 Å². The van der Waals surface area contributed by atoms with Crippen LogP contribution < -0.4 is 16.4 Å². The Morgan fingerprint density at radius 2 is 1.73 bits per heavy atom. The maximum atomic E-state index is 11.8. The topological polar surface area (TPSA) is 131 Å². The lowest BCUT2D eigenvalue weighted by Gasteiger charge is -2.29.